The summed E-state index contributed by atoms with van der Waals surface area (Å²) in [5.74, 6) is 0.715. The van der Waals surface area contributed by atoms with Crippen LogP contribution in [0.4, 0.5) is 0 Å². The number of hydrogen-bond donors (Lipinski definition) is 0. The zero-order chi connectivity index (χ0) is 34.2. The van der Waals surface area contributed by atoms with Gasteiger partial charge >= 0.3 is 0 Å². The van der Waals surface area contributed by atoms with E-state index in [2.05, 4.69) is 167 Å². The molecule has 0 bridgehead atoms. The highest BCUT2D eigenvalue weighted by molar-refractivity contribution is 6.26. The van der Waals surface area contributed by atoms with Crippen molar-refractivity contribution < 1.29 is 0 Å². The molecule has 0 amide bonds. The molecule has 0 aliphatic heterocycles. The maximum atomic E-state index is 5.21. The van der Waals surface area contributed by atoms with E-state index in [0.29, 0.717) is 5.82 Å². The van der Waals surface area contributed by atoms with Crippen LogP contribution in [0.5, 0.6) is 0 Å². The highest BCUT2D eigenvalue weighted by Gasteiger charge is 2.21. The minimum atomic E-state index is 0.715. The van der Waals surface area contributed by atoms with Crippen LogP contribution in [-0.2, 0) is 0 Å². The van der Waals surface area contributed by atoms with Crippen LogP contribution in [0.2, 0.25) is 0 Å². The van der Waals surface area contributed by atoms with Gasteiger partial charge in [-0.05, 0) is 59.3 Å². The summed E-state index contributed by atoms with van der Waals surface area (Å²) in [6.45, 7) is 0. The minimum absolute atomic E-state index is 0.715. The molecular formula is C48H30N4. The number of rotatable bonds is 4. The van der Waals surface area contributed by atoms with Gasteiger partial charge in [-0.25, -0.2) is 9.97 Å². The average molecular weight is 663 g/mol. The van der Waals surface area contributed by atoms with Gasteiger partial charge in [0.15, 0.2) is 5.82 Å². The lowest BCUT2D eigenvalue weighted by molar-refractivity contribution is 1.17. The van der Waals surface area contributed by atoms with Gasteiger partial charge in [-0.3, -0.25) is 0 Å². The fourth-order valence-electron chi connectivity index (χ4n) is 8.16. The van der Waals surface area contributed by atoms with Gasteiger partial charge in [-0.1, -0.05) is 133 Å². The van der Waals surface area contributed by atoms with E-state index in [9.17, 15) is 0 Å². The van der Waals surface area contributed by atoms with E-state index in [1.54, 1.807) is 0 Å². The fraction of sp³-hybridized carbons (Fsp3) is 0. The minimum Gasteiger partial charge on any atom is -0.309 e. The Bertz CT molecular complexity index is 3170. The van der Waals surface area contributed by atoms with Gasteiger partial charge in [-0.2, -0.15) is 0 Å². The first-order valence-electron chi connectivity index (χ1n) is 17.7. The lowest BCUT2D eigenvalue weighted by Crippen LogP contribution is -1.99. The maximum Gasteiger partial charge on any atom is 0.160 e. The quantitative estimate of drug-likeness (QED) is 0.188. The van der Waals surface area contributed by atoms with Crippen molar-refractivity contribution in [2.75, 3.05) is 0 Å². The van der Waals surface area contributed by atoms with Crippen LogP contribution >= 0.6 is 0 Å². The van der Waals surface area contributed by atoms with Gasteiger partial charge in [-0.15, -0.1) is 0 Å². The monoisotopic (exact) mass is 662 g/mol. The van der Waals surface area contributed by atoms with Crippen LogP contribution in [0.3, 0.4) is 0 Å². The van der Waals surface area contributed by atoms with Gasteiger partial charge in [0, 0.05) is 49.4 Å². The van der Waals surface area contributed by atoms with Gasteiger partial charge in [0.1, 0.15) is 0 Å². The molecule has 4 heteroatoms. The lowest BCUT2D eigenvalue weighted by Gasteiger charge is -2.13. The summed E-state index contributed by atoms with van der Waals surface area (Å²) in [6, 6.07) is 64.9. The SMILES string of the molecule is c1ccc(-c2nc(-c3ccccc3)c3ccc(-n4c5ccccc5c5ccc6c(c7ccccc7n6-c6ccc7ccccc7c6)c54)cc3n2)cc1. The molecule has 242 valence electrons. The highest BCUT2D eigenvalue weighted by Crippen LogP contribution is 2.42. The first-order valence-corrected chi connectivity index (χ1v) is 17.7. The Balaban J connectivity index is 1.24. The summed E-state index contributed by atoms with van der Waals surface area (Å²) >= 11 is 0. The van der Waals surface area contributed by atoms with Gasteiger partial charge < -0.3 is 9.13 Å². The average Bonchev–Trinajstić information content (AvgIpc) is 3.74. The molecule has 0 aliphatic rings. The smallest absolute Gasteiger partial charge is 0.160 e. The Morgan fingerprint density at radius 2 is 0.981 bits per heavy atom. The van der Waals surface area contributed by atoms with E-state index in [0.717, 1.165) is 44.6 Å². The van der Waals surface area contributed by atoms with Gasteiger partial charge in [0.2, 0.25) is 0 Å². The van der Waals surface area contributed by atoms with Crippen molar-refractivity contribution in [3.8, 4) is 34.0 Å². The van der Waals surface area contributed by atoms with Crippen LogP contribution in [0, 0.1) is 0 Å². The fourth-order valence-corrected chi connectivity index (χ4v) is 8.16. The van der Waals surface area contributed by atoms with Crippen LogP contribution in [0.25, 0.3) is 99.3 Å². The van der Waals surface area contributed by atoms with E-state index in [1.165, 1.54) is 48.9 Å². The van der Waals surface area contributed by atoms with E-state index < -0.39 is 0 Å². The second-order valence-corrected chi connectivity index (χ2v) is 13.4. The van der Waals surface area contributed by atoms with Crippen molar-refractivity contribution in [3.05, 3.63) is 182 Å². The molecule has 52 heavy (non-hydrogen) atoms. The number of aromatic nitrogens is 4. The first-order chi connectivity index (χ1) is 25.8. The Kier molecular flexibility index (Phi) is 6.22. The zero-order valence-corrected chi connectivity index (χ0v) is 28.1. The Labute approximate surface area is 299 Å². The second kappa shape index (κ2) is 11.2. The van der Waals surface area contributed by atoms with E-state index in [1.807, 2.05) is 24.3 Å². The number of hydrogen-bond acceptors (Lipinski definition) is 2. The molecule has 0 saturated heterocycles. The third-order valence-electron chi connectivity index (χ3n) is 10.5. The Morgan fingerprint density at radius 1 is 0.365 bits per heavy atom. The van der Waals surface area contributed by atoms with Crippen molar-refractivity contribution in [1.82, 2.24) is 19.1 Å². The van der Waals surface area contributed by atoms with Gasteiger partial charge in [0.05, 0.1) is 33.3 Å². The molecule has 3 heterocycles. The molecule has 3 aromatic heterocycles. The maximum absolute atomic E-state index is 5.21. The second-order valence-electron chi connectivity index (χ2n) is 13.4. The van der Waals surface area contributed by atoms with Crippen LogP contribution < -0.4 is 0 Å². The molecule has 0 atom stereocenters. The van der Waals surface area contributed by atoms with Crippen molar-refractivity contribution in [2.24, 2.45) is 0 Å². The van der Waals surface area contributed by atoms with Crippen LogP contribution in [0.1, 0.15) is 0 Å². The number of fused-ring (bicyclic) bond motifs is 9. The summed E-state index contributed by atoms with van der Waals surface area (Å²) < 4.78 is 4.86. The highest BCUT2D eigenvalue weighted by atomic mass is 15.0. The molecule has 0 aliphatic carbocycles. The van der Waals surface area contributed by atoms with Crippen molar-refractivity contribution >= 4 is 65.3 Å². The summed E-state index contributed by atoms with van der Waals surface area (Å²) in [7, 11) is 0. The number of para-hydroxylation sites is 2. The largest absolute Gasteiger partial charge is 0.309 e. The van der Waals surface area contributed by atoms with Crippen molar-refractivity contribution in [1.29, 1.82) is 0 Å². The number of nitrogens with zero attached hydrogens (tertiary/aromatic N) is 4. The normalized spacial score (nSPS) is 11.8. The van der Waals surface area contributed by atoms with E-state index in [-0.39, 0.29) is 0 Å². The summed E-state index contributed by atoms with van der Waals surface area (Å²) in [5.41, 5.74) is 10.8. The molecule has 0 radical (unpaired) electrons. The molecule has 11 aromatic rings. The topological polar surface area (TPSA) is 35.6 Å². The number of benzene rings is 8. The Morgan fingerprint density at radius 3 is 1.79 bits per heavy atom. The summed E-state index contributed by atoms with van der Waals surface area (Å²) in [4.78, 5) is 10.4. The van der Waals surface area contributed by atoms with E-state index >= 15 is 0 Å². The molecule has 11 rings (SSSR count). The summed E-state index contributed by atoms with van der Waals surface area (Å²) in [6.07, 6.45) is 0. The van der Waals surface area contributed by atoms with Crippen molar-refractivity contribution in [3.63, 3.8) is 0 Å². The van der Waals surface area contributed by atoms with Crippen LogP contribution in [0.15, 0.2) is 182 Å². The summed E-state index contributed by atoms with van der Waals surface area (Å²) in [5, 5.41) is 8.39. The zero-order valence-electron chi connectivity index (χ0n) is 28.1. The lowest BCUT2D eigenvalue weighted by atomic mass is 10.0. The predicted octanol–water partition coefficient (Wildman–Crippen LogP) is 12.3. The molecule has 0 spiro atoms. The van der Waals surface area contributed by atoms with Crippen LogP contribution in [-0.4, -0.2) is 19.1 Å². The molecule has 0 fully saturated rings. The third kappa shape index (κ3) is 4.28. The standard InChI is InChI=1S/C48H30N4/c1-3-14-32(15-4-1)46-39-26-25-36(30-41(39)49-48(50-46)33-16-5-2-6-17-33)52-42-21-11-9-19-37(42)38-27-28-44-45(47(38)52)40-20-10-12-22-43(40)51(44)35-24-23-31-13-7-8-18-34(31)29-35/h1-30H. The molecule has 8 aromatic carbocycles. The molecule has 0 unspecified atom stereocenters. The third-order valence-corrected chi connectivity index (χ3v) is 10.5. The van der Waals surface area contributed by atoms with Crippen molar-refractivity contribution in [2.45, 2.75) is 0 Å². The Hall–Kier alpha value is -7.04. The molecule has 4 nitrogen and oxygen atoms in total. The first kappa shape index (κ1) is 28.8. The van der Waals surface area contributed by atoms with Gasteiger partial charge in [0.25, 0.3) is 0 Å². The predicted molar refractivity (Wildman–Crippen MR) is 217 cm³/mol. The van der Waals surface area contributed by atoms with E-state index in [4.69, 9.17) is 9.97 Å². The molecule has 0 N–H and O–H groups in total. The molecule has 0 saturated carbocycles. The molecular weight excluding hydrogens is 633 g/mol.